The van der Waals surface area contributed by atoms with E-state index in [9.17, 15) is 4.79 Å². The van der Waals surface area contributed by atoms with Gasteiger partial charge in [-0.2, -0.15) is 0 Å². The van der Waals surface area contributed by atoms with Crippen molar-refractivity contribution >= 4 is 6.41 Å². The molecule has 1 atom stereocenters. The Morgan fingerprint density at radius 2 is 2.10 bits per heavy atom. The molecule has 2 saturated carbocycles. The third-order valence-electron chi connectivity index (χ3n) is 3.06. The molecule has 2 nitrogen and oxygen atoms in total. The fourth-order valence-corrected chi connectivity index (χ4v) is 2.30. The molecule has 0 saturated heterocycles. The van der Waals surface area contributed by atoms with Crippen LogP contribution in [0, 0.1) is 5.41 Å². The number of nitrogens with one attached hydrogen (secondary N) is 1. The molecule has 1 N–H and O–H groups in total. The van der Waals surface area contributed by atoms with Crippen LogP contribution in [-0.4, -0.2) is 12.5 Å². The molecule has 56 valence electrons. The van der Waals surface area contributed by atoms with E-state index in [0.29, 0.717) is 11.5 Å². The first-order valence-corrected chi connectivity index (χ1v) is 4.07. The van der Waals surface area contributed by atoms with Crippen molar-refractivity contribution in [3.05, 3.63) is 0 Å². The SMILES string of the molecule is O=CNC1CC12CCCC2. The lowest BCUT2D eigenvalue weighted by atomic mass is 10.1. The maximum Gasteiger partial charge on any atom is 0.207 e. The normalized spacial score (nSPS) is 34.2. The van der Waals surface area contributed by atoms with Crippen molar-refractivity contribution in [2.75, 3.05) is 0 Å². The highest BCUT2D eigenvalue weighted by Crippen LogP contribution is 2.57. The quantitative estimate of drug-likeness (QED) is 0.569. The van der Waals surface area contributed by atoms with E-state index in [1.54, 1.807) is 0 Å². The van der Waals surface area contributed by atoms with Crippen LogP contribution in [0.5, 0.6) is 0 Å². The third-order valence-corrected chi connectivity index (χ3v) is 3.06. The van der Waals surface area contributed by atoms with E-state index in [2.05, 4.69) is 5.32 Å². The van der Waals surface area contributed by atoms with Crippen molar-refractivity contribution < 1.29 is 4.79 Å². The number of carbonyl (C=O) groups excluding carboxylic acids is 1. The zero-order chi connectivity index (χ0) is 7.03. The summed E-state index contributed by atoms with van der Waals surface area (Å²) in [7, 11) is 0. The number of amides is 1. The molecule has 0 aliphatic heterocycles. The van der Waals surface area contributed by atoms with Gasteiger partial charge in [-0.15, -0.1) is 0 Å². The van der Waals surface area contributed by atoms with Crippen molar-refractivity contribution in [3.63, 3.8) is 0 Å². The van der Waals surface area contributed by atoms with Crippen LogP contribution in [0.1, 0.15) is 32.1 Å². The molecule has 1 unspecified atom stereocenters. The lowest BCUT2D eigenvalue weighted by Crippen LogP contribution is -2.19. The van der Waals surface area contributed by atoms with Gasteiger partial charge in [-0.25, -0.2) is 0 Å². The highest BCUT2D eigenvalue weighted by Gasteiger charge is 2.54. The number of rotatable bonds is 2. The molecule has 0 aromatic rings. The predicted molar refractivity (Wildman–Crippen MR) is 38.5 cm³/mol. The molecule has 0 aromatic carbocycles. The Kier molecular flexibility index (Phi) is 1.22. The highest BCUT2D eigenvalue weighted by molar-refractivity contribution is 5.48. The maximum absolute atomic E-state index is 10.1. The van der Waals surface area contributed by atoms with E-state index in [1.807, 2.05) is 0 Å². The van der Waals surface area contributed by atoms with Crippen LogP contribution in [0.4, 0.5) is 0 Å². The average molecular weight is 139 g/mol. The van der Waals surface area contributed by atoms with Gasteiger partial charge in [0, 0.05) is 6.04 Å². The molecule has 1 amide bonds. The Morgan fingerprint density at radius 1 is 1.40 bits per heavy atom. The van der Waals surface area contributed by atoms with Crippen molar-refractivity contribution in [2.24, 2.45) is 5.41 Å². The van der Waals surface area contributed by atoms with Gasteiger partial charge < -0.3 is 5.32 Å². The number of hydrogen-bond donors (Lipinski definition) is 1. The van der Waals surface area contributed by atoms with Crippen LogP contribution in [0.3, 0.4) is 0 Å². The van der Waals surface area contributed by atoms with Crippen molar-refractivity contribution in [1.82, 2.24) is 5.32 Å². The minimum absolute atomic E-state index is 0.535. The predicted octanol–water partition coefficient (Wildman–Crippen LogP) is 1.07. The van der Waals surface area contributed by atoms with E-state index in [-0.39, 0.29) is 0 Å². The molecule has 0 radical (unpaired) electrons. The van der Waals surface area contributed by atoms with Gasteiger partial charge in [0.05, 0.1) is 0 Å². The van der Waals surface area contributed by atoms with Crippen LogP contribution in [0.2, 0.25) is 0 Å². The molecular weight excluding hydrogens is 126 g/mol. The highest BCUT2D eigenvalue weighted by atomic mass is 16.1. The van der Waals surface area contributed by atoms with Crippen LogP contribution in [-0.2, 0) is 4.79 Å². The first-order chi connectivity index (χ1) is 4.87. The van der Waals surface area contributed by atoms with E-state index in [1.165, 1.54) is 32.1 Å². The molecule has 2 rings (SSSR count). The second-order valence-electron chi connectivity index (χ2n) is 3.61. The molecule has 2 heteroatoms. The Balaban J connectivity index is 1.91. The zero-order valence-electron chi connectivity index (χ0n) is 6.10. The molecule has 1 spiro atoms. The van der Waals surface area contributed by atoms with Crippen LogP contribution < -0.4 is 5.32 Å². The summed E-state index contributed by atoms with van der Waals surface area (Å²) in [6.45, 7) is 0. The number of hydrogen-bond acceptors (Lipinski definition) is 1. The summed E-state index contributed by atoms with van der Waals surface area (Å²) >= 11 is 0. The maximum atomic E-state index is 10.1. The van der Waals surface area contributed by atoms with Crippen molar-refractivity contribution in [1.29, 1.82) is 0 Å². The lowest BCUT2D eigenvalue weighted by Gasteiger charge is -2.05. The van der Waals surface area contributed by atoms with Gasteiger partial charge in [0.2, 0.25) is 6.41 Å². The first kappa shape index (κ1) is 6.20. The summed E-state index contributed by atoms with van der Waals surface area (Å²) in [6.07, 6.45) is 7.52. The molecule has 0 bridgehead atoms. The second kappa shape index (κ2) is 1.97. The molecule has 2 fully saturated rings. The van der Waals surface area contributed by atoms with Crippen LogP contribution >= 0.6 is 0 Å². The van der Waals surface area contributed by atoms with Gasteiger partial charge in [-0.1, -0.05) is 12.8 Å². The van der Waals surface area contributed by atoms with Crippen molar-refractivity contribution in [3.8, 4) is 0 Å². The smallest absolute Gasteiger partial charge is 0.207 e. The summed E-state index contributed by atoms with van der Waals surface area (Å²) in [5.74, 6) is 0. The van der Waals surface area contributed by atoms with Gasteiger partial charge in [0.15, 0.2) is 0 Å². The van der Waals surface area contributed by atoms with Gasteiger partial charge in [-0.3, -0.25) is 4.79 Å². The molecule has 2 aliphatic rings. The standard InChI is InChI=1S/C8H13NO/c10-6-9-7-5-8(7)3-1-2-4-8/h6-7H,1-5H2,(H,9,10). The van der Waals surface area contributed by atoms with E-state index >= 15 is 0 Å². The molecule has 2 aliphatic carbocycles. The monoisotopic (exact) mass is 139 g/mol. The summed E-state index contributed by atoms with van der Waals surface area (Å²) in [5.41, 5.74) is 0.570. The second-order valence-corrected chi connectivity index (χ2v) is 3.61. The largest absolute Gasteiger partial charge is 0.355 e. The van der Waals surface area contributed by atoms with E-state index < -0.39 is 0 Å². The average Bonchev–Trinajstić information content (AvgIpc) is 2.43. The molecule has 10 heavy (non-hydrogen) atoms. The van der Waals surface area contributed by atoms with E-state index in [0.717, 1.165) is 6.41 Å². The third kappa shape index (κ3) is 0.746. The minimum atomic E-state index is 0.535. The van der Waals surface area contributed by atoms with Crippen molar-refractivity contribution in [2.45, 2.75) is 38.1 Å². The summed E-state index contributed by atoms with van der Waals surface area (Å²) in [4.78, 5) is 10.1. The fourth-order valence-electron chi connectivity index (χ4n) is 2.30. The summed E-state index contributed by atoms with van der Waals surface area (Å²) in [5, 5.41) is 2.87. The Hall–Kier alpha value is -0.530. The fraction of sp³-hybridized carbons (Fsp3) is 0.875. The van der Waals surface area contributed by atoms with Crippen LogP contribution in [0.15, 0.2) is 0 Å². The Labute approximate surface area is 61.0 Å². The molecule has 0 heterocycles. The zero-order valence-corrected chi connectivity index (χ0v) is 6.10. The molecule has 0 aromatic heterocycles. The Morgan fingerprint density at radius 3 is 2.70 bits per heavy atom. The summed E-state index contributed by atoms with van der Waals surface area (Å²) < 4.78 is 0. The Bertz CT molecular complexity index is 149. The summed E-state index contributed by atoms with van der Waals surface area (Å²) in [6, 6.07) is 0.535. The first-order valence-electron chi connectivity index (χ1n) is 4.07. The molecular formula is C8H13NO. The lowest BCUT2D eigenvalue weighted by molar-refractivity contribution is -0.109. The number of carbonyl (C=O) groups is 1. The van der Waals surface area contributed by atoms with Gasteiger partial charge in [0.25, 0.3) is 0 Å². The van der Waals surface area contributed by atoms with Crippen LogP contribution in [0.25, 0.3) is 0 Å². The van der Waals surface area contributed by atoms with Gasteiger partial charge in [0.1, 0.15) is 0 Å². The van der Waals surface area contributed by atoms with Gasteiger partial charge >= 0.3 is 0 Å². The van der Waals surface area contributed by atoms with Gasteiger partial charge in [-0.05, 0) is 24.7 Å². The topological polar surface area (TPSA) is 29.1 Å². The minimum Gasteiger partial charge on any atom is -0.355 e. The van der Waals surface area contributed by atoms with E-state index in [4.69, 9.17) is 0 Å².